The van der Waals surface area contributed by atoms with E-state index in [1.165, 1.54) is 0 Å². The van der Waals surface area contributed by atoms with Crippen molar-refractivity contribution in [3.63, 3.8) is 0 Å². The van der Waals surface area contributed by atoms with Crippen LogP contribution in [0.4, 0.5) is 5.95 Å². The van der Waals surface area contributed by atoms with Crippen LogP contribution in [0.5, 0.6) is 11.8 Å². The van der Waals surface area contributed by atoms with E-state index in [9.17, 15) is 0 Å². The molecule has 1 aromatic carbocycles. The third kappa shape index (κ3) is 5.18. The smallest absolute Gasteiger partial charge is 0.322 e. The number of anilines is 1. The molecule has 0 spiro atoms. The molecular formula is C26H32N8O2. The number of rotatable bonds is 9. The molecule has 10 nitrogen and oxygen atoms in total. The average molecular weight is 489 g/mol. The van der Waals surface area contributed by atoms with E-state index in [2.05, 4.69) is 41.3 Å². The van der Waals surface area contributed by atoms with Crippen molar-refractivity contribution in [3.05, 3.63) is 66.3 Å². The van der Waals surface area contributed by atoms with E-state index in [0.717, 1.165) is 48.4 Å². The van der Waals surface area contributed by atoms with Crippen LogP contribution in [0.25, 0.3) is 11.3 Å². The predicted molar refractivity (Wildman–Crippen MR) is 138 cm³/mol. The Balaban J connectivity index is 1.47. The van der Waals surface area contributed by atoms with Crippen molar-refractivity contribution in [2.24, 2.45) is 0 Å². The highest BCUT2D eigenvalue weighted by Gasteiger charge is 2.20. The van der Waals surface area contributed by atoms with Crippen molar-refractivity contribution < 1.29 is 9.47 Å². The van der Waals surface area contributed by atoms with Gasteiger partial charge in [-0.3, -0.25) is 0 Å². The van der Waals surface area contributed by atoms with Crippen molar-refractivity contribution in [2.45, 2.75) is 52.2 Å². The van der Waals surface area contributed by atoms with Crippen molar-refractivity contribution >= 4 is 11.6 Å². The molecule has 4 heterocycles. The topological polar surface area (TPSA) is 103 Å². The summed E-state index contributed by atoms with van der Waals surface area (Å²) < 4.78 is 15.5. The van der Waals surface area contributed by atoms with Gasteiger partial charge in [-0.2, -0.15) is 24.7 Å². The summed E-state index contributed by atoms with van der Waals surface area (Å²) in [6.45, 7) is 12.2. The molecular weight excluding hydrogens is 456 g/mol. The van der Waals surface area contributed by atoms with E-state index in [1.54, 1.807) is 10.7 Å². The summed E-state index contributed by atoms with van der Waals surface area (Å²) in [5.74, 6) is 2.16. The summed E-state index contributed by atoms with van der Waals surface area (Å²) in [6.07, 6.45) is 7.60. The maximum Gasteiger partial charge on any atom is 0.322 e. The fourth-order valence-electron chi connectivity index (χ4n) is 4.28. The average Bonchev–Trinajstić information content (AvgIpc) is 3.54. The Hall–Kier alpha value is -3.92. The maximum absolute atomic E-state index is 6.19. The lowest BCUT2D eigenvalue weighted by Gasteiger charge is -2.23. The van der Waals surface area contributed by atoms with Crippen LogP contribution >= 0.6 is 0 Å². The van der Waals surface area contributed by atoms with E-state index in [-0.39, 0.29) is 12.0 Å². The summed E-state index contributed by atoms with van der Waals surface area (Å²) in [7, 11) is 0. The zero-order chi connectivity index (χ0) is 25.1. The van der Waals surface area contributed by atoms with E-state index in [4.69, 9.17) is 19.4 Å². The highest BCUT2D eigenvalue weighted by Crippen LogP contribution is 2.26. The molecule has 5 rings (SSSR count). The molecule has 36 heavy (non-hydrogen) atoms. The first kappa shape index (κ1) is 23.8. The predicted octanol–water partition coefficient (Wildman–Crippen LogP) is 4.09. The Morgan fingerprint density at radius 2 is 2.17 bits per heavy atom. The lowest BCUT2D eigenvalue weighted by Crippen LogP contribution is -2.37. The van der Waals surface area contributed by atoms with Crippen LogP contribution in [0.15, 0.2) is 55.2 Å². The quantitative estimate of drug-likeness (QED) is 0.340. The fourth-order valence-corrected chi connectivity index (χ4v) is 4.28. The molecule has 0 radical (unpaired) electrons. The van der Waals surface area contributed by atoms with E-state index >= 15 is 0 Å². The van der Waals surface area contributed by atoms with Gasteiger partial charge in [-0.05, 0) is 49.9 Å². The number of piperidine rings is 1. The molecule has 2 N–H and O–H groups in total. The molecule has 0 bridgehead atoms. The Bertz CT molecular complexity index is 1340. The van der Waals surface area contributed by atoms with Gasteiger partial charge in [0.05, 0.1) is 17.6 Å². The molecule has 3 aromatic heterocycles. The minimum absolute atomic E-state index is 0.0479. The number of nitrogens with zero attached hydrogens (tertiary/aromatic N) is 6. The minimum atomic E-state index is 0.0479. The van der Waals surface area contributed by atoms with E-state index < -0.39 is 0 Å². The molecule has 1 aliphatic heterocycles. The van der Waals surface area contributed by atoms with Crippen LogP contribution in [0.2, 0.25) is 0 Å². The van der Waals surface area contributed by atoms with Crippen LogP contribution in [-0.2, 0) is 6.54 Å². The normalized spacial score (nSPS) is 15.8. The molecule has 0 saturated carbocycles. The summed E-state index contributed by atoms with van der Waals surface area (Å²) in [4.78, 5) is 9.43. The van der Waals surface area contributed by atoms with Gasteiger partial charge < -0.3 is 20.1 Å². The van der Waals surface area contributed by atoms with E-state index in [1.807, 2.05) is 48.3 Å². The number of nitrogens with one attached hydrogen (secondary N) is 2. The summed E-state index contributed by atoms with van der Waals surface area (Å²) in [5, 5.41) is 15.8. The number of allylic oxidation sites excluding steroid dienone is 1. The zero-order valence-corrected chi connectivity index (χ0v) is 20.9. The second-order valence-electron chi connectivity index (χ2n) is 9.30. The molecule has 1 fully saturated rings. The zero-order valence-electron chi connectivity index (χ0n) is 20.9. The van der Waals surface area contributed by atoms with Gasteiger partial charge in [0.25, 0.3) is 0 Å². The lowest BCUT2D eigenvalue weighted by atomic mass is 10.1. The Morgan fingerprint density at radius 1 is 1.28 bits per heavy atom. The standard InChI is InChI=1S/C26H32N8O2/c1-17(2)22-16-30-34-24(22)31-26(36-21-7-5-10-27-15-21)32-25(34)28-14-19-8-9-20(35-18(3)4)13-23(19)33-12-6-11-29-33/h6,8-9,11-13,16-17,21,27H,3,5,7,10,14-15H2,1-2,4H3,(H,28,31,32). The largest absolute Gasteiger partial charge is 0.463 e. The Kier molecular flexibility index (Phi) is 6.86. The van der Waals surface area contributed by atoms with Gasteiger partial charge in [0.2, 0.25) is 5.95 Å². The van der Waals surface area contributed by atoms with Gasteiger partial charge >= 0.3 is 6.01 Å². The van der Waals surface area contributed by atoms with Crippen LogP contribution in [0, 0.1) is 0 Å². The highest BCUT2D eigenvalue weighted by molar-refractivity contribution is 5.54. The van der Waals surface area contributed by atoms with Crippen molar-refractivity contribution in [3.8, 4) is 17.4 Å². The highest BCUT2D eigenvalue weighted by atomic mass is 16.5. The summed E-state index contributed by atoms with van der Waals surface area (Å²) >= 11 is 0. The number of fused-ring (bicyclic) bond motifs is 1. The van der Waals surface area contributed by atoms with Gasteiger partial charge in [0.15, 0.2) is 5.65 Å². The van der Waals surface area contributed by atoms with Crippen LogP contribution in [-0.4, -0.2) is 48.6 Å². The van der Waals surface area contributed by atoms with Crippen LogP contribution in [0.1, 0.15) is 50.7 Å². The molecule has 1 atom stereocenters. The maximum atomic E-state index is 6.19. The molecule has 1 unspecified atom stereocenters. The Morgan fingerprint density at radius 3 is 2.89 bits per heavy atom. The molecule has 1 saturated heterocycles. The van der Waals surface area contributed by atoms with Crippen molar-refractivity contribution in [1.29, 1.82) is 0 Å². The first-order valence-corrected chi connectivity index (χ1v) is 12.3. The molecule has 0 amide bonds. The second-order valence-corrected chi connectivity index (χ2v) is 9.30. The molecule has 188 valence electrons. The van der Waals surface area contributed by atoms with Crippen molar-refractivity contribution in [2.75, 3.05) is 18.4 Å². The summed E-state index contributed by atoms with van der Waals surface area (Å²) in [6, 6.07) is 8.12. The van der Waals surface area contributed by atoms with Gasteiger partial charge in [0.1, 0.15) is 11.9 Å². The molecule has 0 aliphatic carbocycles. The summed E-state index contributed by atoms with van der Waals surface area (Å²) in [5.41, 5.74) is 3.70. The number of benzene rings is 1. The SMILES string of the molecule is C=C(C)Oc1ccc(CNc2nc(OC3CCCNC3)nc3c(C(C)C)cnn23)c(-n2cccn2)c1. The van der Waals surface area contributed by atoms with Gasteiger partial charge in [0, 0.05) is 37.1 Å². The van der Waals surface area contributed by atoms with E-state index in [0.29, 0.717) is 30.0 Å². The van der Waals surface area contributed by atoms with Gasteiger partial charge in [-0.1, -0.05) is 26.5 Å². The number of hydrogen-bond donors (Lipinski definition) is 2. The fraction of sp³-hybridized carbons (Fsp3) is 0.385. The first-order valence-electron chi connectivity index (χ1n) is 12.3. The van der Waals surface area contributed by atoms with Gasteiger partial charge in [-0.15, -0.1) is 0 Å². The number of ether oxygens (including phenoxy) is 2. The van der Waals surface area contributed by atoms with Gasteiger partial charge in [-0.25, -0.2) is 4.68 Å². The number of hydrogen-bond acceptors (Lipinski definition) is 8. The monoisotopic (exact) mass is 488 g/mol. The third-order valence-electron chi connectivity index (χ3n) is 6.06. The van der Waals surface area contributed by atoms with Crippen LogP contribution in [0.3, 0.4) is 0 Å². The van der Waals surface area contributed by atoms with Crippen molar-refractivity contribution in [1.82, 2.24) is 34.7 Å². The first-order chi connectivity index (χ1) is 17.5. The molecule has 1 aliphatic rings. The van der Waals surface area contributed by atoms with Crippen LogP contribution < -0.4 is 20.1 Å². The lowest BCUT2D eigenvalue weighted by molar-refractivity contribution is 0.153. The minimum Gasteiger partial charge on any atom is -0.463 e. The second kappa shape index (κ2) is 10.4. The molecule has 10 heteroatoms. The third-order valence-corrected chi connectivity index (χ3v) is 6.06. The Labute approximate surface area is 210 Å². The molecule has 4 aromatic rings. The number of aromatic nitrogens is 6.